The zero-order valence-electron chi connectivity index (χ0n) is 14.3. The van der Waals surface area contributed by atoms with Gasteiger partial charge in [-0.05, 0) is 37.9 Å². The number of hydrogen-bond acceptors (Lipinski definition) is 5. The fourth-order valence-electron chi connectivity index (χ4n) is 4.18. The Kier molecular flexibility index (Phi) is 4.44. The standard InChI is InChI=1S/C19H23N5O/c25-18(17-12-20-8-9-22-17)24-11-6-19(15-24)5-3-10-23(14-19)13-16-4-1-2-7-21-16/h1-2,4,7-9,12H,3,5-6,10-11,13-15H2/t19-/m1/s1. The highest BCUT2D eigenvalue weighted by Crippen LogP contribution is 2.39. The van der Waals surface area contributed by atoms with E-state index in [2.05, 4.69) is 25.9 Å². The molecular formula is C19H23N5O. The topological polar surface area (TPSA) is 62.2 Å². The maximum Gasteiger partial charge on any atom is 0.274 e. The quantitative estimate of drug-likeness (QED) is 0.857. The summed E-state index contributed by atoms with van der Waals surface area (Å²) >= 11 is 0. The summed E-state index contributed by atoms with van der Waals surface area (Å²) in [5.74, 6) is 0.00632. The van der Waals surface area contributed by atoms with Crippen molar-refractivity contribution in [3.05, 3.63) is 54.4 Å². The fourth-order valence-corrected chi connectivity index (χ4v) is 4.18. The van der Waals surface area contributed by atoms with Gasteiger partial charge < -0.3 is 4.90 Å². The molecule has 1 amide bonds. The molecule has 4 rings (SSSR count). The second-order valence-electron chi connectivity index (χ2n) is 7.20. The molecule has 2 fully saturated rings. The number of amides is 1. The number of likely N-dealkylation sites (tertiary alicyclic amines) is 2. The summed E-state index contributed by atoms with van der Waals surface area (Å²) in [5, 5.41) is 0. The van der Waals surface area contributed by atoms with E-state index < -0.39 is 0 Å². The molecule has 0 N–H and O–H groups in total. The molecule has 6 nitrogen and oxygen atoms in total. The van der Waals surface area contributed by atoms with Crippen molar-refractivity contribution in [2.75, 3.05) is 26.2 Å². The highest BCUT2D eigenvalue weighted by molar-refractivity contribution is 5.92. The van der Waals surface area contributed by atoms with Crippen molar-refractivity contribution in [3.8, 4) is 0 Å². The summed E-state index contributed by atoms with van der Waals surface area (Å²) in [6.45, 7) is 4.67. The molecule has 4 heterocycles. The molecule has 25 heavy (non-hydrogen) atoms. The largest absolute Gasteiger partial charge is 0.337 e. The first-order valence-electron chi connectivity index (χ1n) is 8.92. The van der Waals surface area contributed by atoms with Gasteiger partial charge >= 0.3 is 0 Å². The van der Waals surface area contributed by atoms with Crippen molar-refractivity contribution in [1.29, 1.82) is 0 Å². The Morgan fingerprint density at radius 1 is 1.08 bits per heavy atom. The lowest BCUT2D eigenvalue weighted by molar-refractivity contribution is 0.0668. The highest BCUT2D eigenvalue weighted by atomic mass is 16.2. The minimum Gasteiger partial charge on any atom is -0.337 e. The van der Waals surface area contributed by atoms with Gasteiger partial charge in [-0.3, -0.25) is 19.7 Å². The van der Waals surface area contributed by atoms with E-state index in [-0.39, 0.29) is 11.3 Å². The highest BCUT2D eigenvalue weighted by Gasteiger charge is 2.43. The van der Waals surface area contributed by atoms with Crippen LogP contribution in [0, 0.1) is 5.41 Å². The Morgan fingerprint density at radius 3 is 2.84 bits per heavy atom. The predicted octanol–water partition coefficient (Wildman–Crippen LogP) is 2.00. The first kappa shape index (κ1) is 16.1. The number of carbonyl (C=O) groups excluding carboxylic acids is 1. The second kappa shape index (κ2) is 6.88. The molecule has 0 bridgehead atoms. The summed E-state index contributed by atoms with van der Waals surface area (Å²) in [6.07, 6.45) is 10.0. The van der Waals surface area contributed by atoms with Crippen molar-refractivity contribution in [2.45, 2.75) is 25.8 Å². The van der Waals surface area contributed by atoms with Crippen LogP contribution in [-0.2, 0) is 6.54 Å². The van der Waals surface area contributed by atoms with Gasteiger partial charge in [0.2, 0.25) is 0 Å². The minimum absolute atomic E-state index is 0.00632. The average molecular weight is 337 g/mol. The van der Waals surface area contributed by atoms with Crippen molar-refractivity contribution >= 4 is 5.91 Å². The van der Waals surface area contributed by atoms with Crippen molar-refractivity contribution in [1.82, 2.24) is 24.8 Å². The van der Waals surface area contributed by atoms with E-state index in [0.29, 0.717) is 5.69 Å². The molecule has 6 heteroatoms. The summed E-state index contributed by atoms with van der Waals surface area (Å²) in [7, 11) is 0. The zero-order valence-corrected chi connectivity index (χ0v) is 14.3. The van der Waals surface area contributed by atoms with Gasteiger partial charge in [0, 0.05) is 50.2 Å². The molecule has 0 saturated carbocycles. The van der Waals surface area contributed by atoms with Crippen LogP contribution in [0.2, 0.25) is 0 Å². The SMILES string of the molecule is O=C(c1cnccn1)N1CC[C@@]2(CCCN(Cc3ccccn3)C2)C1. The molecule has 2 saturated heterocycles. The predicted molar refractivity (Wildman–Crippen MR) is 93.7 cm³/mol. The number of aromatic nitrogens is 3. The first-order valence-corrected chi connectivity index (χ1v) is 8.92. The van der Waals surface area contributed by atoms with Crippen LogP contribution in [0.25, 0.3) is 0 Å². The van der Waals surface area contributed by atoms with Crippen LogP contribution in [0.15, 0.2) is 43.0 Å². The molecule has 1 spiro atoms. The Morgan fingerprint density at radius 2 is 2.04 bits per heavy atom. The molecule has 0 aliphatic carbocycles. The minimum atomic E-state index is 0.00632. The van der Waals surface area contributed by atoms with Gasteiger partial charge in [0.05, 0.1) is 11.9 Å². The van der Waals surface area contributed by atoms with Gasteiger partial charge in [0.25, 0.3) is 5.91 Å². The summed E-state index contributed by atoms with van der Waals surface area (Å²) in [4.78, 5) is 29.7. The van der Waals surface area contributed by atoms with Crippen LogP contribution in [0.4, 0.5) is 0 Å². The van der Waals surface area contributed by atoms with Gasteiger partial charge in [-0.2, -0.15) is 0 Å². The van der Waals surface area contributed by atoms with Crippen molar-refractivity contribution in [3.63, 3.8) is 0 Å². The number of rotatable bonds is 3. The Balaban J connectivity index is 1.41. The van der Waals surface area contributed by atoms with Crippen molar-refractivity contribution < 1.29 is 4.79 Å². The molecule has 2 aliphatic heterocycles. The molecule has 130 valence electrons. The Labute approximate surface area is 147 Å². The van der Waals surface area contributed by atoms with Crippen LogP contribution in [-0.4, -0.2) is 56.8 Å². The van der Waals surface area contributed by atoms with Gasteiger partial charge in [-0.25, -0.2) is 4.98 Å². The second-order valence-corrected chi connectivity index (χ2v) is 7.20. The Bertz CT molecular complexity index is 723. The van der Waals surface area contributed by atoms with E-state index in [0.717, 1.165) is 44.8 Å². The molecule has 2 aliphatic rings. The molecular weight excluding hydrogens is 314 g/mol. The van der Waals surface area contributed by atoms with Crippen LogP contribution in [0.1, 0.15) is 35.4 Å². The number of carbonyl (C=O) groups is 1. The fraction of sp³-hybridized carbons (Fsp3) is 0.474. The van der Waals surface area contributed by atoms with Crippen LogP contribution >= 0.6 is 0 Å². The summed E-state index contributed by atoms with van der Waals surface area (Å²) < 4.78 is 0. The van der Waals surface area contributed by atoms with Crippen LogP contribution in [0.5, 0.6) is 0 Å². The normalized spacial score (nSPS) is 23.9. The average Bonchev–Trinajstić information content (AvgIpc) is 3.06. The third kappa shape index (κ3) is 3.54. The number of pyridine rings is 1. The van der Waals surface area contributed by atoms with Crippen molar-refractivity contribution in [2.24, 2.45) is 5.41 Å². The van der Waals surface area contributed by atoms with E-state index in [4.69, 9.17) is 0 Å². The van der Waals surface area contributed by atoms with Gasteiger partial charge in [-0.1, -0.05) is 6.07 Å². The van der Waals surface area contributed by atoms with E-state index >= 15 is 0 Å². The van der Waals surface area contributed by atoms with Gasteiger partial charge in [0.1, 0.15) is 5.69 Å². The number of nitrogens with zero attached hydrogens (tertiary/aromatic N) is 5. The lowest BCUT2D eigenvalue weighted by Gasteiger charge is -2.40. The lowest BCUT2D eigenvalue weighted by atomic mass is 9.79. The third-order valence-corrected chi connectivity index (χ3v) is 5.36. The van der Waals surface area contributed by atoms with E-state index in [1.54, 1.807) is 18.6 Å². The zero-order chi connectivity index (χ0) is 17.1. The van der Waals surface area contributed by atoms with Gasteiger partial charge in [-0.15, -0.1) is 0 Å². The van der Waals surface area contributed by atoms with E-state index in [1.165, 1.54) is 12.8 Å². The van der Waals surface area contributed by atoms with Crippen LogP contribution in [0.3, 0.4) is 0 Å². The third-order valence-electron chi connectivity index (χ3n) is 5.36. The molecule has 0 radical (unpaired) electrons. The van der Waals surface area contributed by atoms with E-state index in [9.17, 15) is 4.79 Å². The monoisotopic (exact) mass is 337 g/mol. The van der Waals surface area contributed by atoms with Gasteiger partial charge in [0.15, 0.2) is 0 Å². The smallest absolute Gasteiger partial charge is 0.274 e. The maximum atomic E-state index is 12.6. The lowest BCUT2D eigenvalue weighted by Crippen LogP contribution is -2.45. The van der Waals surface area contributed by atoms with E-state index in [1.807, 2.05) is 23.2 Å². The summed E-state index contributed by atoms with van der Waals surface area (Å²) in [6, 6.07) is 6.08. The molecule has 2 aromatic heterocycles. The Hall–Kier alpha value is -2.34. The molecule has 0 aromatic carbocycles. The number of hydrogen-bond donors (Lipinski definition) is 0. The molecule has 2 aromatic rings. The summed E-state index contributed by atoms with van der Waals surface area (Å²) in [5.41, 5.74) is 1.77. The molecule has 0 unspecified atom stereocenters. The number of piperidine rings is 1. The maximum absolute atomic E-state index is 12.6. The molecule has 1 atom stereocenters. The van der Waals surface area contributed by atoms with Crippen LogP contribution < -0.4 is 0 Å². The first-order chi connectivity index (χ1) is 12.2.